The molecule has 1 aromatic carbocycles. The molecule has 0 radical (unpaired) electrons. The first-order valence-corrected chi connectivity index (χ1v) is 7.79. The van der Waals surface area contributed by atoms with Crippen LogP contribution in [0.3, 0.4) is 0 Å². The number of carbonyl (C=O) groups is 1. The summed E-state index contributed by atoms with van der Waals surface area (Å²) in [5, 5.41) is 2.61. The third-order valence-electron chi connectivity index (χ3n) is 2.29. The van der Waals surface area contributed by atoms with E-state index in [1.165, 1.54) is 0 Å². The van der Waals surface area contributed by atoms with Crippen molar-refractivity contribution >= 4 is 14.1 Å². The zero-order chi connectivity index (χ0) is 15.2. The van der Waals surface area contributed by atoms with Gasteiger partial charge < -0.3 is 9.26 Å². The zero-order valence-electron chi connectivity index (χ0n) is 12.3. The maximum Gasteiger partial charge on any atom is 0.323 e. The number of nitrogens with one attached hydrogen (secondary N) is 1. The SMILES string of the molecule is C[C@H](N[PH](=O)Oc1ccccc1)C(=O)OCC(C)(C)C. The number of esters is 1. The first-order valence-electron chi connectivity index (χ1n) is 6.48. The van der Waals surface area contributed by atoms with E-state index >= 15 is 0 Å². The van der Waals surface area contributed by atoms with Crippen molar-refractivity contribution in [2.45, 2.75) is 33.7 Å². The van der Waals surface area contributed by atoms with Gasteiger partial charge >= 0.3 is 14.1 Å². The Hall–Kier alpha value is -1.32. The number of rotatable bonds is 6. The number of benzene rings is 1. The van der Waals surface area contributed by atoms with Gasteiger partial charge in [0.2, 0.25) is 0 Å². The minimum absolute atomic E-state index is 0.0961. The van der Waals surface area contributed by atoms with E-state index < -0.39 is 20.2 Å². The molecule has 0 aliphatic heterocycles. The third-order valence-corrected chi connectivity index (χ3v) is 3.38. The second-order valence-corrected chi connectivity index (χ2v) is 6.80. The van der Waals surface area contributed by atoms with Crippen LogP contribution < -0.4 is 9.61 Å². The molecule has 112 valence electrons. The molecule has 0 fully saturated rings. The van der Waals surface area contributed by atoms with E-state index in [1.54, 1.807) is 31.2 Å². The average molecular weight is 299 g/mol. The Labute approximate surface area is 120 Å². The topological polar surface area (TPSA) is 64.6 Å². The van der Waals surface area contributed by atoms with Gasteiger partial charge in [-0.2, -0.15) is 0 Å². The molecule has 0 saturated heterocycles. The van der Waals surface area contributed by atoms with E-state index in [1.807, 2.05) is 26.8 Å². The maximum absolute atomic E-state index is 11.8. The van der Waals surface area contributed by atoms with Crippen LogP contribution in [0.4, 0.5) is 0 Å². The summed E-state index contributed by atoms with van der Waals surface area (Å²) in [5.74, 6) is 0.0640. The summed E-state index contributed by atoms with van der Waals surface area (Å²) in [4.78, 5) is 11.7. The molecule has 2 atom stereocenters. The van der Waals surface area contributed by atoms with Gasteiger partial charge in [-0.1, -0.05) is 39.0 Å². The van der Waals surface area contributed by atoms with Crippen molar-refractivity contribution in [3.05, 3.63) is 30.3 Å². The van der Waals surface area contributed by atoms with Crippen LogP contribution in [0.15, 0.2) is 30.3 Å². The second-order valence-electron chi connectivity index (χ2n) is 5.74. The molecular weight excluding hydrogens is 277 g/mol. The van der Waals surface area contributed by atoms with Crippen LogP contribution >= 0.6 is 8.18 Å². The normalized spacial score (nSPS) is 14.4. The molecule has 0 heterocycles. The Kier molecular flexibility index (Phi) is 6.24. The summed E-state index contributed by atoms with van der Waals surface area (Å²) >= 11 is 0. The van der Waals surface area contributed by atoms with Gasteiger partial charge in [0.1, 0.15) is 11.8 Å². The molecule has 1 N–H and O–H groups in total. The number of carbonyl (C=O) groups excluding carboxylic acids is 1. The molecule has 20 heavy (non-hydrogen) atoms. The number of hydrogen-bond acceptors (Lipinski definition) is 4. The lowest BCUT2D eigenvalue weighted by Gasteiger charge is -2.20. The highest BCUT2D eigenvalue weighted by atomic mass is 31.1. The molecule has 1 rings (SSSR count). The average Bonchev–Trinajstić information content (AvgIpc) is 2.36. The molecule has 0 saturated carbocycles. The van der Waals surface area contributed by atoms with Crippen molar-refractivity contribution in [2.75, 3.05) is 6.61 Å². The van der Waals surface area contributed by atoms with Crippen molar-refractivity contribution in [2.24, 2.45) is 5.41 Å². The van der Waals surface area contributed by atoms with Crippen LogP contribution in [0, 0.1) is 5.41 Å². The lowest BCUT2D eigenvalue weighted by atomic mass is 9.99. The summed E-state index contributed by atoms with van der Waals surface area (Å²) < 4.78 is 22.1. The first kappa shape index (κ1) is 16.7. The fraction of sp³-hybridized carbons (Fsp3) is 0.500. The summed E-state index contributed by atoms with van der Waals surface area (Å²) in [5.41, 5.74) is -0.0961. The fourth-order valence-electron chi connectivity index (χ4n) is 1.27. The highest BCUT2D eigenvalue weighted by Gasteiger charge is 2.20. The smallest absolute Gasteiger partial charge is 0.323 e. The maximum atomic E-state index is 11.8. The Morgan fingerprint density at radius 1 is 1.30 bits per heavy atom. The van der Waals surface area contributed by atoms with E-state index in [0.29, 0.717) is 12.4 Å². The molecule has 0 aliphatic carbocycles. The van der Waals surface area contributed by atoms with Crippen LogP contribution in [0.5, 0.6) is 5.75 Å². The molecule has 5 nitrogen and oxygen atoms in total. The molecule has 1 aromatic rings. The van der Waals surface area contributed by atoms with Crippen LogP contribution in [0.2, 0.25) is 0 Å². The molecule has 0 spiro atoms. The van der Waals surface area contributed by atoms with Gasteiger partial charge in [-0.15, -0.1) is 0 Å². The van der Waals surface area contributed by atoms with Gasteiger partial charge in [0, 0.05) is 0 Å². The third kappa shape index (κ3) is 6.73. The fourth-order valence-corrected chi connectivity index (χ4v) is 2.15. The quantitative estimate of drug-likeness (QED) is 0.646. The van der Waals surface area contributed by atoms with Crippen molar-refractivity contribution in [1.29, 1.82) is 0 Å². The van der Waals surface area contributed by atoms with Crippen LogP contribution in [0.1, 0.15) is 27.7 Å². The standard InChI is InChI=1S/C14H22NO4P/c1-11(13(16)18-10-14(2,3)4)15-20(17)19-12-8-6-5-7-9-12/h5-9,11,20H,10H2,1-4H3,(H,15,17)/t11-/m0/s1. The Morgan fingerprint density at radius 2 is 1.90 bits per heavy atom. The van der Waals surface area contributed by atoms with E-state index in [9.17, 15) is 9.36 Å². The van der Waals surface area contributed by atoms with Crippen molar-refractivity contribution in [3.8, 4) is 5.75 Å². The van der Waals surface area contributed by atoms with E-state index in [2.05, 4.69) is 5.09 Å². The van der Waals surface area contributed by atoms with Gasteiger partial charge in [-0.05, 0) is 24.5 Å². The van der Waals surface area contributed by atoms with E-state index in [4.69, 9.17) is 9.26 Å². The van der Waals surface area contributed by atoms with Crippen LogP contribution in [-0.4, -0.2) is 18.6 Å². The molecule has 0 aromatic heterocycles. The molecule has 0 bridgehead atoms. The summed E-state index contributed by atoms with van der Waals surface area (Å²) in [6.07, 6.45) is 0. The van der Waals surface area contributed by atoms with Crippen molar-refractivity contribution in [3.63, 3.8) is 0 Å². The Morgan fingerprint density at radius 3 is 2.45 bits per heavy atom. The minimum atomic E-state index is -2.54. The predicted octanol–water partition coefficient (Wildman–Crippen LogP) is 3.02. The van der Waals surface area contributed by atoms with Gasteiger partial charge in [0.15, 0.2) is 0 Å². The summed E-state index contributed by atoms with van der Waals surface area (Å²) in [7, 11) is -2.54. The zero-order valence-corrected chi connectivity index (χ0v) is 13.3. The number of hydrogen-bond donors (Lipinski definition) is 1. The summed E-state index contributed by atoms with van der Waals surface area (Å²) in [6.45, 7) is 7.83. The predicted molar refractivity (Wildman–Crippen MR) is 79.1 cm³/mol. The van der Waals surface area contributed by atoms with E-state index in [0.717, 1.165) is 0 Å². The van der Waals surface area contributed by atoms with Gasteiger partial charge in [0.25, 0.3) is 0 Å². The largest absolute Gasteiger partial charge is 0.464 e. The van der Waals surface area contributed by atoms with E-state index in [-0.39, 0.29) is 5.41 Å². The minimum Gasteiger partial charge on any atom is -0.464 e. The van der Waals surface area contributed by atoms with Gasteiger partial charge in [0.05, 0.1) is 6.61 Å². The Balaban J connectivity index is 2.39. The van der Waals surface area contributed by atoms with Gasteiger partial charge in [-0.25, -0.2) is 5.09 Å². The molecule has 0 amide bonds. The highest BCUT2D eigenvalue weighted by Crippen LogP contribution is 2.23. The second kappa shape index (κ2) is 7.46. The first-order chi connectivity index (χ1) is 9.28. The molecule has 0 aliphatic rings. The van der Waals surface area contributed by atoms with Gasteiger partial charge in [-0.3, -0.25) is 9.36 Å². The monoisotopic (exact) mass is 299 g/mol. The Bertz CT molecular complexity index is 456. The number of para-hydroxylation sites is 1. The summed E-state index contributed by atoms with van der Waals surface area (Å²) in [6, 6.07) is 8.13. The highest BCUT2D eigenvalue weighted by molar-refractivity contribution is 7.37. The lowest BCUT2D eigenvalue weighted by molar-refractivity contribution is -0.147. The molecule has 1 unspecified atom stereocenters. The van der Waals surface area contributed by atoms with Crippen LogP contribution in [-0.2, 0) is 14.1 Å². The molecule has 6 heteroatoms. The lowest BCUT2D eigenvalue weighted by Crippen LogP contribution is -2.33. The molecular formula is C14H22NO4P. The number of ether oxygens (including phenoxy) is 1. The van der Waals surface area contributed by atoms with Crippen LogP contribution in [0.25, 0.3) is 0 Å². The van der Waals surface area contributed by atoms with Crippen molar-refractivity contribution < 1.29 is 18.6 Å². The van der Waals surface area contributed by atoms with Crippen molar-refractivity contribution in [1.82, 2.24) is 5.09 Å².